The number of likely N-dealkylation sites (tertiary alicyclic amines) is 1. The molecular formula is C21H28ClFN4O2S. The Bertz CT molecular complexity index is 827. The fourth-order valence-electron chi connectivity index (χ4n) is 3.53. The van der Waals surface area contributed by atoms with Crippen molar-refractivity contribution >= 4 is 34.6 Å². The first-order chi connectivity index (χ1) is 14.6. The molecule has 0 atom stereocenters. The molecule has 9 heteroatoms. The largest absolute Gasteiger partial charge is 0.379 e. The Balaban J connectivity index is 1.47. The highest BCUT2D eigenvalue weighted by atomic mass is 35.5. The van der Waals surface area contributed by atoms with Crippen molar-refractivity contribution in [1.82, 2.24) is 14.5 Å². The van der Waals surface area contributed by atoms with E-state index in [2.05, 4.69) is 19.8 Å². The van der Waals surface area contributed by atoms with E-state index in [1.54, 1.807) is 6.07 Å². The molecule has 1 saturated heterocycles. The van der Waals surface area contributed by atoms with Gasteiger partial charge in [0, 0.05) is 49.6 Å². The lowest BCUT2D eigenvalue weighted by molar-refractivity contribution is 0.0493. The maximum atomic E-state index is 14.0. The normalized spacial score (nSPS) is 14.8. The molecule has 3 rings (SSSR count). The van der Waals surface area contributed by atoms with Crippen molar-refractivity contribution in [2.24, 2.45) is 0 Å². The Morgan fingerprint density at radius 1 is 1.27 bits per heavy atom. The highest BCUT2D eigenvalue weighted by molar-refractivity contribution is 7.80. The number of aromatic nitrogens is 2. The smallest absolute Gasteiger partial charge is 0.173 e. The zero-order valence-corrected chi connectivity index (χ0v) is 18.7. The van der Waals surface area contributed by atoms with Gasteiger partial charge in [-0.2, -0.15) is 0 Å². The molecule has 2 heterocycles. The number of hydrogen-bond acceptors (Lipinski definition) is 4. The zero-order valence-electron chi connectivity index (χ0n) is 17.2. The lowest BCUT2D eigenvalue weighted by Gasteiger charge is -2.33. The summed E-state index contributed by atoms with van der Waals surface area (Å²) in [6.45, 7) is 6.89. The van der Waals surface area contributed by atoms with Crippen LogP contribution >= 0.6 is 23.8 Å². The Morgan fingerprint density at radius 2 is 2.03 bits per heavy atom. The number of benzene rings is 1. The molecule has 1 aromatic heterocycles. The molecule has 0 unspecified atom stereocenters. The highest BCUT2D eigenvalue weighted by Crippen LogP contribution is 2.28. The molecule has 1 N–H and O–H groups in total. The second-order valence-corrected chi connectivity index (χ2v) is 7.93. The number of halogens is 2. The maximum absolute atomic E-state index is 14.0. The molecule has 0 spiro atoms. The van der Waals surface area contributed by atoms with Gasteiger partial charge in [-0.3, -0.25) is 0 Å². The van der Waals surface area contributed by atoms with Crippen molar-refractivity contribution in [1.29, 1.82) is 0 Å². The molecule has 0 saturated carbocycles. The molecular weight excluding hydrogens is 427 g/mol. The molecule has 1 aromatic carbocycles. The number of piperidine rings is 1. The van der Waals surface area contributed by atoms with Gasteiger partial charge in [0.05, 0.1) is 25.5 Å². The maximum Gasteiger partial charge on any atom is 0.173 e. The predicted octanol–water partition coefficient (Wildman–Crippen LogP) is 4.31. The van der Waals surface area contributed by atoms with Gasteiger partial charge in [-0.1, -0.05) is 11.6 Å². The monoisotopic (exact) mass is 454 g/mol. The molecule has 0 aliphatic carbocycles. The summed E-state index contributed by atoms with van der Waals surface area (Å²) in [5, 5.41) is 3.96. The highest BCUT2D eigenvalue weighted by Gasteiger charge is 2.25. The predicted molar refractivity (Wildman–Crippen MR) is 121 cm³/mol. The van der Waals surface area contributed by atoms with Crippen molar-refractivity contribution in [2.75, 3.05) is 44.8 Å². The summed E-state index contributed by atoms with van der Waals surface area (Å²) in [6, 6.07) is 4.39. The van der Waals surface area contributed by atoms with Gasteiger partial charge in [0.2, 0.25) is 0 Å². The lowest BCUT2D eigenvalue weighted by atomic mass is 9.96. The van der Waals surface area contributed by atoms with Crippen molar-refractivity contribution in [2.45, 2.75) is 32.2 Å². The SMILES string of the molecule is CCOCCOCCn1ccnc1C1CCN(C(=S)Nc2cc(Cl)ccc2F)CC1. The third-order valence-electron chi connectivity index (χ3n) is 5.12. The average molecular weight is 455 g/mol. The van der Waals surface area contributed by atoms with E-state index in [0.29, 0.717) is 48.2 Å². The first-order valence-electron chi connectivity index (χ1n) is 10.3. The van der Waals surface area contributed by atoms with Crippen LogP contribution in [-0.4, -0.2) is 59.1 Å². The van der Waals surface area contributed by atoms with E-state index in [4.69, 9.17) is 33.3 Å². The molecule has 0 amide bonds. The van der Waals surface area contributed by atoms with Crippen LogP contribution in [0.1, 0.15) is 31.5 Å². The number of nitrogens with one attached hydrogen (secondary N) is 1. The molecule has 2 aromatic rings. The number of rotatable bonds is 9. The van der Waals surface area contributed by atoms with E-state index in [1.165, 1.54) is 12.1 Å². The van der Waals surface area contributed by atoms with E-state index in [-0.39, 0.29) is 5.82 Å². The van der Waals surface area contributed by atoms with Crippen LogP contribution in [0.3, 0.4) is 0 Å². The molecule has 30 heavy (non-hydrogen) atoms. The molecule has 6 nitrogen and oxygen atoms in total. The average Bonchev–Trinajstić information content (AvgIpc) is 3.22. The minimum atomic E-state index is -0.373. The summed E-state index contributed by atoms with van der Waals surface area (Å²) in [4.78, 5) is 6.64. The molecule has 164 valence electrons. The summed E-state index contributed by atoms with van der Waals surface area (Å²) < 4.78 is 27.0. The van der Waals surface area contributed by atoms with Gasteiger partial charge in [0.25, 0.3) is 0 Å². The second kappa shape index (κ2) is 11.6. The van der Waals surface area contributed by atoms with Crippen LogP contribution < -0.4 is 5.32 Å². The van der Waals surface area contributed by atoms with E-state index in [1.807, 2.05) is 19.3 Å². The Hall–Kier alpha value is -1.74. The third kappa shape index (κ3) is 6.38. The third-order valence-corrected chi connectivity index (χ3v) is 5.71. The van der Waals surface area contributed by atoms with E-state index in [9.17, 15) is 4.39 Å². The molecule has 1 aliphatic heterocycles. The standard InChI is InChI=1S/C21H28ClFN4O2S/c1-2-28-13-14-29-12-11-26-10-7-24-20(26)16-5-8-27(9-6-16)21(30)25-19-15-17(22)3-4-18(19)23/h3-4,7,10,15-16H,2,5-6,8-9,11-14H2,1H3,(H,25,30). The number of imidazole rings is 1. The van der Waals surface area contributed by atoms with Gasteiger partial charge < -0.3 is 24.3 Å². The van der Waals surface area contributed by atoms with Crippen molar-refractivity contribution in [3.8, 4) is 0 Å². The van der Waals surface area contributed by atoms with Gasteiger partial charge in [0.15, 0.2) is 5.11 Å². The van der Waals surface area contributed by atoms with E-state index in [0.717, 1.165) is 38.3 Å². The van der Waals surface area contributed by atoms with Gasteiger partial charge in [0.1, 0.15) is 11.6 Å². The van der Waals surface area contributed by atoms with Gasteiger partial charge in [-0.25, -0.2) is 9.37 Å². The number of thiocarbonyl (C=S) groups is 1. The molecule has 1 fully saturated rings. The molecule has 0 radical (unpaired) electrons. The number of nitrogens with zero attached hydrogens (tertiary/aromatic N) is 3. The van der Waals surface area contributed by atoms with Crippen LogP contribution in [0, 0.1) is 5.82 Å². The first kappa shape index (κ1) is 22.9. The van der Waals surface area contributed by atoms with Gasteiger partial charge in [-0.15, -0.1) is 0 Å². The fourth-order valence-corrected chi connectivity index (χ4v) is 3.99. The topological polar surface area (TPSA) is 51.6 Å². The lowest BCUT2D eigenvalue weighted by Crippen LogP contribution is -2.41. The van der Waals surface area contributed by atoms with Crippen LogP contribution in [0.4, 0.5) is 10.1 Å². The zero-order chi connectivity index (χ0) is 21.3. The Labute approximate surface area is 187 Å². The minimum Gasteiger partial charge on any atom is -0.379 e. The van der Waals surface area contributed by atoms with Crippen molar-refractivity contribution in [3.63, 3.8) is 0 Å². The van der Waals surface area contributed by atoms with E-state index < -0.39 is 0 Å². The number of hydrogen-bond donors (Lipinski definition) is 1. The van der Waals surface area contributed by atoms with Crippen LogP contribution in [0.5, 0.6) is 0 Å². The van der Waals surface area contributed by atoms with Crippen LogP contribution in [0.2, 0.25) is 5.02 Å². The summed E-state index contributed by atoms with van der Waals surface area (Å²) >= 11 is 11.4. The Kier molecular flexibility index (Phi) is 8.87. The number of anilines is 1. The summed E-state index contributed by atoms with van der Waals surface area (Å²) in [5.41, 5.74) is 0.300. The Morgan fingerprint density at radius 3 is 2.80 bits per heavy atom. The molecule has 0 bridgehead atoms. The van der Waals surface area contributed by atoms with Crippen molar-refractivity contribution < 1.29 is 13.9 Å². The van der Waals surface area contributed by atoms with E-state index >= 15 is 0 Å². The summed E-state index contributed by atoms with van der Waals surface area (Å²) in [5.74, 6) is 1.08. The second-order valence-electron chi connectivity index (χ2n) is 7.10. The van der Waals surface area contributed by atoms with Crippen molar-refractivity contribution in [3.05, 3.63) is 47.3 Å². The first-order valence-corrected chi connectivity index (χ1v) is 11.0. The van der Waals surface area contributed by atoms with Gasteiger partial charge >= 0.3 is 0 Å². The minimum absolute atomic E-state index is 0.300. The number of ether oxygens (including phenoxy) is 2. The quantitative estimate of drug-likeness (QED) is 0.450. The fraction of sp³-hybridized carbons (Fsp3) is 0.524. The summed E-state index contributed by atoms with van der Waals surface area (Å²) in [7, 11) is 0. The molecule has 1 aliphatic rings. The van der Waals surface area contributed by atoms with Crippen LogP contribution in [0.15, 0.2) is 30.6 Å². The van der Waals surface area contributed by atoms with Gasteiger partial charge in [-0.05, 0) is 50.2 Å². The van der Waals surface area contributed by atoms with Crippen LogP contribution in [0.25, 0.3) is 0 Å². The van der Waals surface area contributed by atoms with Crippen LogP contribution in [-0.2, 0) is 16.0 Å². The summed E-state index contributed by atoms with van der Waals surface area (Å²) in [6.07, 6.45) is 5.71.